The third-order valence-electron chi connectivity index (χ3n) is 2.04. The van der Waals surface area contributed by atoms with Crippen LogP contribution in [0.1, 0.15) is 6.42 Å². The Labute approximate surface area is 136 Å². The van der Waals surface area contributed by atoms with Gasteiger partial charge in [-0.05, 0) is 18.6 Å². The number of benzene rings is 1. The first-order valence-corrected chi connectivity index (χ1v) is 8.34. The van der Waals surface area contributed by atoms with Crippen LogP contribution in [0, 0.1) is 0 Å². The molecule has 0 spiro atoms. The Bertz CT molecular complexity index is 579. The Kier molecular flexibility index (Phi) is 6.60. The van der Waals surface area contributed by atoms with Gasteiger partial charge in [0.25, 0.3) is 0 Å². The zero-order valence-electron chi connectivity index (χ0n) is 9.83. The number of para-hydroxylation sites is 1. The van der Waals surface area contributed by atoms with E-state index in [0.29, 0.717) is 12.2 Å². The van der Waals surface area contributed by atoms with E-state index in [1.165, 1.54) is 11.8 Å². The number of thiazole rings is 1. The second kappa shape index (κ2) is 7.23. The molecule has 8 heteroatoms. The molecule has 0 N–H and O–H groups in total. The van der Waals surface area contributed by atoms with Crippen molar-refractivity contribution < 1.29 is 42.5 Å². The molecule has 0 fully saturated rings. The van der Waals surface area contributed by atoms with Gasteiger partial charge in [-0.15, -0.1) is 11.3 Å². The minimum absolute atomic E-state index is 0. The van der Waals surface area contributed by atoms with E-state index in [-0.39, 0.29) is 35.3 Å². The maximum absolute atomic E-state index is 10.4. The zero-order valence-corrected chi connectivity index (χ0v) is 14.3. The predicted octanol–water partition coefficient (Wildman–Crippen LogP) is -0.672. The van der Waals surface area contributed by atoms with E-state index >= 15 is 0 Å². The molecule has 0 aliphatic carbocycles. The van der Waals surface area contributed by atoms with Crippen molar-refractivity contribution >= 4 is 43.4 Å². The summed E-state index contributed by atoms with van der Waals surface area (Å²) in [6.45, 7) is 0. The van der Waals surface area contributed by atoms with Crippen LogP contribution in [-0.2, 0) is 10.1 Å². The maximum atomic E-state index is 10.4. The molecule has 0 saturated carbocycles. The number of thioether (sulfide) groups is 1. The summed E-state index contributed by atoms with van der Waals surface area (Å²) in [5.41, 5.74) is 0.955. The molecule has 0 unspecified atom stereocenters. The Hall–Kier alpha value is 0.370. The van der Waals surface area contributed by atoms with Gasteiger partial charge in [-0.2, -0.15) is 0 Å². The molecule has 4 nitrogen and oxygen atoms in total. The smallest absolute Gasteiger partial charge is 0.748 e. The first-order valence-electron chi connectivity index (χ1n) is 4.96. The molecule has 0 aliphatic rings. The number of rotatable bonds is 5. The molecule has 2 rings (SSSR count). The van der Waals surface area contributed by atoms with Gasteiger partial charge in [0, 0.05) is 11.5 Å². The van der Waals surface area contributed by atoms with E-state index in [1.807, 2.05) is 24.3 Å². The number of hydrogen-bond acceptors (Lipinski definition) is 6. The van der Waals surface area contributed by atoms with Crippen LogP contribution in [0.25, 0.3) is 10.2 Å². The number of fused-ring (bicyclic) bond motifs is 1. The van der Waals surface area contributed by atoms with Crippen molar-refractivity contribution in [3.05, 3.63) is 24.3 Å². The van der Waals surface area contributed by atoms with Crippen molar-refractivity contribution in [1.29, 1.82) is 0 Å². The van der Waals surface area contributed by atoms with Crippen LogP contribution < -0.4 is 29.6 Å². The topological polar surface area (TPSA) is 70.1 Å². The molecule has 1 aromatic carbocycles. The van der Waals surface area contributed by atoms with E-state index in [4.69, 9.17) is 0 Å². The molecule has 18 heavy (non-hydrogen) atoms. The fourth-order valence-corrected chi connectivity index (χ4v) is 4.07. The summed E-state index contributed by atoms with van der Waals surface area (Å²) in [6.07, 6.45) is 0.367. The van der Waals surface area contributed by atoms with Gasteiger partial charge in [0.2, 0.25) is 0 Å². The van der Waals surface area contributed by atoms with E-state index in [9.17, 15) is 13.0 Å². The van der Waals surface area contributed by atoms with Crippen LogP contribution in [0.5, 0.6) is 0 Å². The van der Waals surface area contributed by atoms with Crippen molar-refractivity contribution in [1.82, 2.24) is 4.98 Å². The van der Waals surface area contributed by atoms with Gasteiger partial charge in [0.05, 0.1) is 20.3 Å². The molecule has 1 heterocycles. The molecule has 2 aromatic rings. The quantitative estimate of drug-likeness (QED) is 0.317. The Morgan fingerprint density at radius 1 is 1.33 bits per heavy atom. The van der Waals surface area contributed by atoms with Crippen molar-refractivity contribution in [3.63, 3.8) is 0 Å². The van der Waals surface area contributed by atoms with Crippen LogP contribution in [-0.4, -0.2) is 29.5 Å². The fourth-order valence-electron chi connectivity index (χ4n) is 1.31. The molecule has 0 aliphatic heterocycles. The van der Waals surface area contributed by atoms with Crippen molar-refractivity contribution in [3.8, 4) is 0 Å². The van der Waals surface area contributed by atoms with Gasteiger partial charge in [0.1, 0.15) is 0 Å². The van der Waals surface area contributed by atoms with Crippen LogP contribution in [0.2, 0.25) is 0 Å². The van der Waals surface area contributed by atoms with Gasteiger partial charge < -0.3 is 4.55 Å². The van der Waals surface area contributed by atoms with E-state index in [2.05, 4.69) is 4.98 Å². The molecule has 0 atom stereocenters. The van der Waals surface area contributed by atoms with E-state index < -0.39 is 10.1 Å². The summed E-state index contributed by atoms with van der Waals surface area (Å²) in [5.74, 6) is 0.298. The average Bonchev–Trinajstić information content (AvgIpc) is 2.65. The van der Waals surface area contributed by atoms with Crippen LogP contribution in [0.3, 0.4) is 0 Å². The molecular weight excluding hydrogens is 301 g/mol. The summed E-state index contributed by atoms with van der Waals surface area (Å²) < 4.78 is 33.2. The minimum atomic E-state index is -4.08. The van der Waals surface area contributed by atoms with Gasteiger partial charge >= 0.3 is 29.6 Å². The summed E-state index contributed by atoms with van der Waals surface area (Å²) in [7, 11) is -4.08. The standard InChI is InChI=1S/C10H11NO3S3.Na/c12-17(13,14)7-3-6-15-10-11-8-4-1-2-5-9(8)16-10;/h1-2,4-5H,3,6-7H2,(H,12,13,14);/q;+1/p-1. The molecule has 0 saturated heterocycles. The van der Waals surface area contributed by atoms with Crippen molar-refractivity contribution in [2.24, 2.45) is 0 Å². The number of hydrogen-bond donors (Lipinski definition) is 0. The third-order valence-corrected chi connectivity index (χ3v) is 5.09. The van der Waals surface area contributed by atoms with Crippen molar-refractivity contribution in [2.75, 3.05) is 11.5 Å². The normalized spacial score (nSPS) is 11.4. The van der Waals surface area contributed by atoms with E-state index in [0.717, 1.165) is 14.6 Å². The van der Waals surface area contributed by atoms with E-state index in [1.54, 1.807) is 11.3 Å². The third kappa shape index (κ3) is 5.16. The van der Waals surface area contributed by atoms with Gasteiger partial charge in [0.15, 0.2) is 4.34 Å². The first-order chi connectivity index (χ1) is 8.04. The first kappa shape index (κ1) is 16.4. The van der Waals surface area contributed by atoms with Gasteiger partial charge in [-0.25, -0.2) is 13.4 Å². The SMILES string of the molecule is O=S(=O)([O-])CCCSc1nc2ccccc2s1.[Na+]. The van der Waals surface area contributed by atoms with Gasteiger partial charge in [-0.3, -0.25) is 0 Å². The largest absolute Gasteiger partial charge is 1.00 e. The maximum Gasteiger partial charge on any atom is 1.00 e. The number of aromatic nitrogens is 1. The zero-order chi connectivity index (χ0) is 12.3. The fraction of sp³-hybridized carbons (Fsp3) is 0.300. The molecule has 92 valence electrons. The molecular formula is C10H10NNaO3S3. The van der Waals surface area contributed by atoms with Gasteiger partial charge in [-0.1, -0.05) is 23.9 Å². The molecule has 0 radical (unpaired) electrons. The van der Waals surface area contributed by atoms with Crippen LogP contribution >= 0.6 is 23.1 Å². The second-order valence-electron chi connectivity index (χ2n) is 3.41. The molecule has 0 bridgehead atoms. The number of nitrogens with zero attached hydrogens (tertiary/aromatic N) is 1. The average molecular weight is 311 g/mol. The summed E-state index contributed by atoms with van der Waals surface area (Å²) in [4.78, 5) is 4.40. The Balaban J connectivity index is 0.00000162. The molecule has 0 amide bonds. The Morgan fingerprint density at radius 3 is 2.72 bits per heavy atom. The Morgan fingerprint density at radius 2 is 2.06 bits per heavy atom. The summed E-state index contributed by atoms with van der Waals surface area (Å²) >= 11 is 3.07. The minimum Gasteiger partial charge on any atom is -0.748 e. The monoisotopic (exact) mass is 311 g/mol. The summed E-state index contributed by atoms with van der Waals surface area (Å²) in [5, 5.41) is 0. The second-order valence-corrected chi connectivity index (χ2v) is 7.31. The van der Waals surface area contributed by atoms with Crippen LogP contribution in [0.15, 0.2) is 28.6 Å². The van der Waals surface area contributed by atoms with Crippen LogP contribution in [0.4, 0.5) is 0 Å². The summed E-state index contributed by atoms with van der Waals surface area (Å²) in [6, 6.07) is 7.83. The predicted molar refractivity (Wildman–Crippen MR) is 69.5 cm³/mol. The molecule has 1 aromatic heterocycles. The van der Waals surface area contributed by atoms with Crippen molar-refractivity contribution in [2.45, 2.75) is 10.8 Å².